The van der Waals surface area contributed by atoms with Crippen LogP contribution in [0.4, 0.5) is 5.69 Å². The number of piperazine rings is 1. The second-order valence-corrected chi connectivity index (χ2v) is 8.04. The van der Waals surface area contributed by atoms with Crippen molar-refractivity contribution in [3.63, 3.8) is 0 Å². The highest BCUT2D eigenvalue weighted by Gasteiger charge is 2.49. The first kappa shape index (κ1) is 19.6. The number of carbonyl (C=O) groups is 1. The number of methoxy groups -OCH3 is 2. The molecular weight excluding hydrogens is 366 g/mol. The Hall–Kier alpha value is -2.73. The van der Waals surface area contributed by atoms with Crippen molar-refractivity contribution < 1.29 is 14.3 Å². The molecule has 2 aromatic carbocycles. The third kappa shape index (κ3) is 3.42. The van der Waals surface area contributed by atoms with Gasteiger partial charge >= 0.3 is 0 Å². The summed E-state index contributed by atoms with van der Waals surface area (Å²) in [6, 6.07) is 13.0. The molecule has 2 heterocycles. The average Bonchev–Trinajstić information content (AvgIpc) is 2.72. The van der Waals surface area contributed by atoms with Crippen molar-refractivity contribution in [2.45, 2.75) is 32.0 Å². The summed E-state index contributed by atoms with van der Waals surface area (Å²) in [5, 5.41) is 3.12. The van der Waals surface area contributed by atoms with E-state index < -0.39 is 0 Å². The lowest BCUT2D eigenvalue weighted by atomic mass is 9.85. The van der Waals surface area contributed by atoms with Gasteiger partial charge in [-0.05, 0) is 56.3 Å². The lowest BCUT2D eigenvalue weighted by Crippen LogP contribution is -2.78. The minimum absolute atomic E-state index is 0.0607. The van der Waals surface area contributed by atoms with Gasteiger partial charge in [0.05, 0.1) is 26.3 Å². The van der Waals surface area contributed by atoms with Gasteiger partial charge in [-0.25, -0.2) is 0 Å². The van der Waals surface area contributed by atoms with Gasteiger partial charge in [-0.2, -0.15) is 0 Å². The van der Waals surface area contributed by atoms with Gasteiger partial charge < -0.3 is 19.7 Å². The number of amides is 1. The van der Waals surface area contributed by atoms with Gasteiger partial charge in [0.1, 0.15) is 0 Å². The Bertz CT molecular complexity index is 930. The van der Waals surface area contributed by atoms with E-state index in [9.17, 15) is 4.79 Å². The fourth-order valence-corrected chi connectivity index (χ4v) is 4.28. The molecule has 4 rings (SSSR count). The summed E-state index contributed by atoms with van der Waals surface area (Å²) in [7, 11) is 5.39. The second-order valence-electron chi connectivity index (χ2n) is 8.04. The van der Waals surface area contributed by atoms with E-state index in [2.05, 4.69) is 28.2 Å². The number of carbonyl (C=O) groups excluding carboxylic acids is 1. The number of anilines is 1. The molecule has 0 aromatic heterocycles. The molecule has 1 amide bonds. The lowest BCUT2D eigenvalue weighted by molar-refractivity contribution is 0.0368. The standard InChI is InChI=1S/C23H29N3O3/c1-14-6-8-17(26-13-19-20(26)12-25(19)3)11-18(14)23(27)24-15(2)16-7-9-21(28-4)22(10-16)29-5/h6-11,15,19-20H,12-13H2,1-5H3,(H,24,27). The predicted molar refractivity (Wildman–Crippen MR) is 114 cm³/mol. The highest BCUT2D eigenvalue weighted by Crippen LogP contribution is 2.37. The maximum atomic E-state index is 13.0. The van der Waals surface area contributed by atoms with E-state index in [4.69, 9.17) is 9.47 Å². The van der Waals surface area contributed by atoms with Crippen LogP contribution >= 0.6 is 0 Å². The summed E-state index contributed by atoms with van der Waals surface area (Å²) >= 11 is 0. The molecule has 29 heavy (non-hydrogen) atoms. The molecule has 6 nitrogen and oxygen atoms in total. The molecule has 3 unspecified atom stereocenters. The molecule has 2 aliphatic heterocycles. The number of rotatable bonds is 6. The van der Waals surface area contributed by atoms with E-state index in [1.165, 1.54) is 0 Å². The molecule has 2 aromatic rings. The van der Waals surface area contributed by atoms with Gasteiger partial charge in [0.25, 0.3) is 5.91 Å². The third-order valence-corrected chi connectivity index (χ3v) is 6.32. The SMILES string of the molecule is COc1ccc(C(C)NC(=O)c2cc(N3CC4C3CN4C)ccc2C)cc1OC. The molecule has 154 valence electrons. The summed E-state index contributed by atoms with van der Waals surface area (Å²) < 4.78 is 10.7. The van der Waals surface area contributed by atoms with Crippen LogP contribution in [0.5, 0.6) is 11.5 Å². The minimum atomic E-state index is -0.154. The highest BCUT2D eigenvalue weighted by atomic mass is 16.5. The fraction of sp³-hybridized carbons (Fsp3) is 0.435. The number of fused-ring (bicyclic) bond motifs is 1. The number of hydrogen-bond acceptors (Lipinski definition) is 5. The number of likely N-dealkylation sites (N-methyl/N-ethyl adjacent to an activating group) is 1. The van der Waals surface area contributed by atoms with Crippen LogP contribution in [0.3, 0.4) is 0 Å². The first-order valence-corrected chi connectivity index (χ1v) is 10.0. The van der Waals surface area contributed by atoms with E-state index in [0.29, 0.717) is 23.6 Å². The quantitative estimate of drug-likeness (QED) is 0.815. The number of nitrogens with one attached hydrogen (secondary N) is 1. The average molecular weight is 396 g/mol. The number of benzene rings is 2. The predicted octanol–water partition coefficient (Wildman–Crippen LogP) is 3.01. The van der Waals surface area contributed by atoms with Crippen LogP contribution in [0.25, 0.3) is 0 Å². The van der Waals surface area contributed by atoms with E-state index in [1.807, 2.05) is 44.2 Å². The van der Waals surface area contributed by atoms with Crippen molar-refractivity contribution in [1.29, 1.82) is 0 Å². The monoisotopic (exact) mass is 395 g/mol. The molecule has 3 atom stereocenters. The Kier molecular flexibility index (Phi) is 5.13. The van der Waals surface area contributed by atoms with Gasteiger partial charge in [-0.1, -0.05) is 12.1 Å². The molecule has 6 heteroatoms. The van der Waals surface area contributed by atoms with Crippen molar-refractivity contribution in [3.8, 4) is 11.5 Å². The molecule has 2 saturated heterocycles. The summed E-state index contributed by atoms with van der Waals surface area (Å²) in [6.45, 7) is 6.09. The number of nitrogens with zero attached hydrogens (tertiary/aromatic N) is 2. The van der Waals surface area contributed by atoms with Crippen molar-refractivity contribution >= 4 is 11.6 Å². The van der Waals surface area contributed by atoms with Crippen LogP contribution in [-0.4, -0.2) is 57.2 Å². The topological polar surface area (TPSA) is 54.0 Å². The lowest BCUT2D eigenvalue weighted by Gasteiger charge is -2.62. The maximum Gasteiger partial charge on any atom is 0.252 e. The Labute approximate surface area is 172 Å². The molecule has 0 saturated carbocycles. The third-order valence-electron chi connectivity index (χ3n) is 6.32. The van der Waals surface area contributed by atoms with E-state index in [1.54, 1.807) is 14.2 Å². The second kappa shape index (κ2) is 7.59. The Morgan fingerprint density at radius 2 is 1.83 bits per heavy atom. The molecule has 0 radical (unpaired) electrons. The zero-order valence-corrected chi connectivity index (χ0v) is 17.7. The number of likely N-dealkylation sites (tertiary alicyclic amines) is 1. The summed E-state index contributed by atoms with van der Waals surface area (Å²) in [4.78, 5) is 17.8. The van der Waals surface area contributed by atoms with E-state index in [0.717, 1.165) is 35.5 Å². The number of aryl methyl sites for hydroxylation is 1. The number of hydrogen-bond donors (Lipinski definition) is 1. The molecule has 0 aliphatic carbocycles. The first-order valence-electron chi connectivity index (χ1n) is 10.0. The molecule has 0 bridgehead atoms. The van der Waals surface area contributed by atoms with Crippen molar-refractivity contribution in [2.75, 3.05) is 39.3 Å². The Morgan fingerprint density at radius 3 is 2.45 bits per heavy atom. The van der Waals surface area contributed by atoms with Gasteiger partial charge in [0.2, 0.25) is 0 Å². The van der Waals surface area contributed by atoms with Crippen LogP contribution in [-0.2, 0) is 0 Å². The van der Waals surface area contributed by atoms with Crippen LogP contribution in [0.1, 0.15) is 34.5 Å². The molecular formula is C23H29N3O3. The van der Waals surface area contributed by atoms with Crippen LogP contribution in [0.2, 0.25) is 0 Å². The van der Waals surface area contributed by atoms with Crippen molar-refractivity contribution in [2.24, 2.45) is 0 Å². The zero-order valence-electron chi connectivity index (χ0n) is 17.7. The minimum Gasteiger partial charge on any atom is -0.493 e. The van der Waals surface area contributed by atoms with Gasteiger partial charge in [0, 0.05) is 30.4 Å². The van der Waals surface area contributed by atoms with Gasteiger partial charge in [-0.3, -0.25) is 9.69 Å². The zero-order chi connectivity index (χ0) is 20.7. The highest BCUT2D eigenvalue weighted by molar-refractivity contribution is 5.97. The van der Waals surface area contributed by atoms with E-state index in [-0.39, 0.29) is 11.9 Å². The number of ether oxygens (including phenoxy) is 2. The first-order chi connectivity index (χ1) is 13.9. The largest absolute Gasteiger partial charge is 0.493 e. The normalized spacial score (nSPS) is 21.5. The summed E-state index contributed by atoms with van der Waals surface area (Å²) in [5.74, 6) is 1.27. The van der Waals surface area contributed by atoms with Gasteiger partial charge in [-0.15, -0.1) is 0 Å². The summed E-state index contributed by atoms with van der Waals surface area (Å²) in [5.41, 5.74) is 3.81. The van der Waals surface area contributed by atoms with Crippen molar-refractivity contribution in [3.05, 3.63) is 53.1 Å². The molecule has 2 aliphatic rings. The smallest absolute Gasteiger partial charge is 0.252 e. The fourth-order valence-electron chi connectivity index (χ4n) is 4.28. The molecule has 0 spiro atoms. The van der Waals surface area contributed by atoms with Gasteiger partial charge in [0.15, 0.2) is 11.5 Å². The molecule has 1 N–H and O–H groups in total. The molecule has 2 fully saturated rings. The van der Waals surface area contributed by atoms with Crippen LogP contribution in [0.15, 0.2) is 36.4 Å². The Balaban J connectivity index is 1.49. The van der Waals surface area contributed by atoms with Crippen molar-refractivity contribution in [1.82, 2.24) is 10.2 Å². The Morgan fingerprint density at radius 1 is 1.07 bits per heavy atom. The van der Waals surface area contributed by atoms with Crippen LogP contribution in [0, 0.1) is 6.92 Å². The van der Waals surface area contributed by atoms with E-state index >= 15 is 0 Å². The van der Waals surface area contributed by atoms with Crippen LogP contribution < -0.4 is 19.7 Å². The summed E-state index contributed by atoms with van der Waals surface area (Å²) in [6.07, 6.45) is 0. The maximum absolute atomic E-state index is 13.0.